The lowest BCUT2D eigenvalue weighted by molar-refractivity contribution is 0.0503. The first-order valence-corrected chi connectivity index (χ1v) is 19.5. The molecule has 4 aromatic carbocycles. The molecule has 0 spiro atoms. The van der Waals surface area contributed by atoms with E-state index in [4.69, 9.17) is 21.1 Å². The molecule has 0 radical (unpaired) electrons. The van der Waals surface area contributed by atoms with E-state index in [0.717, 1.165) is 86.8 Å². The average molecular weight is 747 g/mol. The van der Waals surface area contributed by atoms with Gasteiger partial charge in [0.05, 0.1) is 18.8 Å². The van der Waals surface area contributed by atoms with E-state index in [-0.39, 0.29) is 11.8 Å². The van der Waals surface area contributed by atoms with Crippen LogP contribution in [0.5, 0.6) is 5.75 Å². The van der Waals surface area contributed by atoms with Crippen molar-refractivity contribution in [3.63, 3.8) is 0 Å². The Balaban J connectivity index is 0.000000492. The third kappa shape index (κ3) is 9.61. The summed E-state index contributed by atoms with van der Waals surface area (Å²) in [5.74, 6) is 0.534. The van der Waals surface area contributed by atoms with E-state index < -0.39 is 0 Å². The van der Waals surface area contributed by atoms with Gasteiger partial charge < -0.3 is 29.2 Å². The molecular weight excluding hydrogens is 696 g/mol. The number of morpholine rings is 1. The number of nitrogens with one attached hydrogen (secondary N) is 1. The Hall–Kier alpha value is -4.89. The first-order chi connectivity index (χ1) is 26.4. The van der Waals surface area contributed by atoms with E-state index in [1.165, 1.54) is 11.1 Å². The van der Waals surface area contributed by atoms with Gasteiger partial charge in [0.2, 0.25) is 0 Å². The monoisotopic (exact) mass is 746 g/mol. The fourth-order valence-corrected chi connectivity index (χ4v) is 7.25. The van der Waals surface area contributed by atoms with Gasteiger partial charge in [-0.2, -0.15) is 0 Å². The summed E-state index contributed by atoms with van der Waals surface area (Å²) in [6.07, 6.45) is 3.64. The zero-order chi connectivity index (χ0) is 37.9. The highest BCUT2D eigenvalue weighted by molar-refractivity contribution is 6.31. The number of likely N-dealkylation sites (N-methyl/N-ethyl adjacent to an activating group) is 1. The van der Waals surface area contributed by atoms with Gasteiger partial charge in [0, 0.05) is 65.9 Å². The van der Waals surface area contributed by atoms with Crippen molar-refractivity contribution >= 4 is 29.1 Å². The molecule has 9 heteroatoms. The highest BCUT2D eigenvalue weighted by atomic mass is 35.5. The fraction of sp³-hybridized carbons (Fsp3) is 0.333. The number of ether oxygens (including phenoxy) is 2. The van der Waals surface area contributed by atoms with Crippen molar-refractivity contribution in [1.29, 1.82) is 0 Å². The lowest BCUT2D eigenvalue weighted by Crippen LogP contribution is -2.36. The number of aromatic nitrogens is 1. The van der Waals surface area contributed by atoms with E-state index in [9.17, 15) is 9.59 Å². The molecule has 3 aliphatic heterocycles. The van der Waals surface area contributed by atoms with E-state index in [1.54, 1.807) is 6.07 Å². The van der Waals surface area contributed by atoms with Gasteiger partial charge in [-0.25, -0.2) is 0 Å². The van der Waals surface area contributed by atoms with Gasteiger partial charge >= 0.3 is 0 Å². The van der Waals surface area contributed by atoms with Crippen LogP contribution in [0.3, 0.4) is 0 Å². The lowest BCUT2D eigenvalue weighted by atomic mass is 9.97. The number of halogens is 1. The number of hydrogen-bond donors (Lipinski definition) is 1. The van der Waals surface area contributed by atoms with Gasteiger partial charge in [0.15, 0.2) is 0 Å². The van der Waals surface area contributed by atoms with Crippen LogP contribution in [0.1, 0.15) is 69.8 Å². The quantitative estimate of drug-likeness (QED) is 0.180. The number of benzene rings is 4. The molecule has 0 saturated carbocycles. The molecule has 54 heavy (non-hydrogen) atoms. The Kier molecular flexibility index (Phi) is 13.6. The van der Waals surface area contributed by atoms with Gasteiger partial charge in [0.25, 0.3) is 11.8 Å². The number of carbonyl (C=O) groups is 2. The topological polar surface area (TPSA) is 76.0 Å². The van der Waals surface area contributed by atoms with Crippen LogP contribution in [0.15, 0.2) is 103 Å². The molecule has 5 aromatic rings. The molecule has 8 nitrogen and oxygen atoms in total. The zero-order valence-corrected chi connectivity index (χ0v) is 32.4. The fourth-order valence-electron chi connectivity index (χ4n) is 7.08. The number of hydrogen-bond acceptors (Lipinski definition) is 5. The molecule has 2 amide bonds. The molecule has 0 aliphatic carbocycles. The summed E-state index contributed by atoms with van der Waals surface area (Å²) in [7, 11) is 2.11. The summed E-state index contributed by atoms with van der Waals surface area (Å²) in [6.45, 7) is 10.5. The molecule has 1 N–H and O–H groups in total. The third-order valence-corrected chi connectivity index (χ3v) is 10.2. The lowest BCUT2D eigenvalue weighted by Gasteiger charge is -2.30. The first-order valence-electron chi connectivity index (χ1n) is 19.2. The van der Waals surface area contributed by atoms with Crippen LogP contribution >= 0.6 is 11.6 Å². The minimum absolute atomic E-state index is 0.0249. The van der Waals surface area contributed by atoms with Gasteiger partial charge in [0.1, 0.15) is 12.4 Å². The second kappa shape index (κ2) is 18.9. The van der Waals surface area contributed by atoms with Crippen LogP contribution in [0.25, 0.3) is 11.3 Å². The molecule has 1 saturated heterocycles. The molecule has 4 heterocycles. The molecule has 0 bridgehead atoms. The second-order valence-corrected chi connectivity index (χ2v) is 14.0. The van der Waals surface area contributed by atoms with Crippen molar-refractivity contribution in [2.75, 3.05) is 45.2 Å². The van der Waals surface area contributed by atoms with Crippen LogP contribution in [0.2, 0.25) is 5.02 Å². The maximum atomic E-state index is 14.0. The average Bonchev–Trinajstić information content (AvgIpc) is 3.62. The predicted octanol–water partition coefficient (Wildman–Crippen LogP) is 9.15. The molecule has 1 fully saturated rings. The van der Waals surface area contributed by atoms with Gasteiger partial charge in [-0.3, -0.25) is 9.59 Å². The Morgan fingerprint density at radius 2 is 1.50 bits per heavy atom. The van der Waals surface area contributed by atoms with E-state index >= 15 is 0 Å². The summed E-state index contributed by atoms with van der Waals surface area (Å²) < 4.78 is 13.2. The third-order valence-electron chi connectivity index (χ3n) is 10.00. The molecule has 8 rings (SSSR count). The van der Waals surface area contributed by atoms with Crippen molar-refractivity contribution in [3.8, 4) is 17.0 Å². The van der Waals surface area contributed by atoms with Crippen LogP contribution in [0, 0.1) is 0 Å². The highest BCUT2D eigenvalue weighted by Gasteiger charge is 2.28. The Morgan fingerprint density at radius 1 is 0.778 bits per heavy atom. The summed E-state index contributed by atoms with van der Waals surface area (Å²) >= 11 is 6.53. The molecule has 0 atom stereocenters. The zero-order valence-electron chi connectivity index (χ0n) is 31.7. The van der Waals surface area contributed by atoms with Gasteiger partial charge in [-0.05, 0) is 98.0 Å². The maximum Gasteiger partial charge on any atom is 0.257 e. The number of rotatable bonds is 7. The van der Waals surface area contributed by atoms with Crippen molar-refractivity contribution in [1.82, 2.24) is 14.4 Å². The number of amides is 2. The number of fused-ring (bicyclic) bond motifs is 2. The van der Waals surface area contributed by atoms with Crippen molar-refractivity contribution in [2.45, 2.75) is 59.2 Å². The minimum Gasteiger partial charge on any atom is -0.489 e. The normalized spacial score (nSPS) is 15.0. The molecule has 282 valence electrons. The molecule has 1 aromatic heterocycles. The summed E-state index contributed by atoms with van der Waals surface area (Å²) in [4.78, 5) is 31.9. The molecule has 3 aliphatic rings. The standard InChI is InChI=1S/C38H34ClN3O3.C5H11NO.C2H6/c39-29-13-18-32(38(44)41-21-19-27-10-4-5-11-28(27)24-41)33(22-29)36-23-34(35-12-6-7-20-42(35)36)37(43)40-30-14-16-31(17-15-30)45-25-26-8-2-1-3-9-26;1-6-2-4-7-5-3-6;1-2/h1-5,8-11,13-18,22-23H,6-7,12,19-21,24-25H2,(H,40,43);2-5H2,1H3;1-2H3. The van der Waals surface area contributed by atoms with Crippen molar-refractivity contribution < 1.29 is 19.1 Å². The number of carbonyl (C=O) groups excluding carboxylic acids is 2. The predicted molar refractivity (Wildman–Crippen MR) is 218 cm³/mol. The maximum absolute atomic E-state index is 14.0. The Morgan fingerprint density at radius 3 is 2.22 bits per heavy atom. The van der Waals surface area contributed by atoms with Crippen LogP contribution in [-0.2, 0) is 37.3 Å². The van der Waals surface area contributed by atoms with E-state index in [1.807, 2.05) is 104 Å². The minimum atomic E-state index is -0.174. The summed E-state index contributed by atoms with van der Waals surface area (Å²) in [5.41, 5.74) is 8.08. The largest absolute Gasteiger partial charge is 0.489 e. The van der Waals surface area contributed by atoms with Gasteiger partial charge in [-0.1, -0.05) is 80.0 Å². The number of anilines is 1. The van der Waals surface area contributed by atoms with Crippen LogP contribution < -0.4 is 10.1 Å². The van der Waals surface area contributed by atoms with E-state index in [0.29, 0.717) is 41.5 Å². The number of nitrogens with zero attached hydrogens (tertiary/aromatic N) is 3. The molecule has 0 unspecified atom stereocenters. The van der Waals surface area contributed by atoms with Gasteiger partial charge in [-0.15, -0.1) is 0 Å². The first kappa shape index (κ1) is 38.8. The highest BCUT2D eigenvalue weighted by Crippen LogP contribution is 2.35. The SMILES string of the molecule is CC.CN1CCOCC1.O=C(Nc1ccc(OCc2ccccc2)cc1)c1cc(-c2cc(Cl)ccc2C(=O)N2CCc3ccccc3C2)n2c1CCCC2. The van der Waals surface area contributed by atoms with Crippen LogP contribution in [-0.4, -0.2) is 66.1 Å². The van der Waals surface area contributed by atoms with E-state index in [2.05, 4.69) is 34.0 Å². The van der Waals surface area contributed by atoms with Crippen molar-refractivity contribution in [3.05, 3.63) is 142 Å². The van der Waals surface area contributed by atoms with Crippen molar-refractivity contribution in [2.24, 2.45) is 0 Å². The summed E-state index contributed by atoms with van der Waals surface area (Å²) in [5, 5.41) is 3.63. The smallest absolute Gasteiger partial charge is 0.257 e. The molecular formula is C45H51ClN4O4. The summed E-state index contributed by atoms with van der Waals surface area (Å²) in [6, 6.07) is 33.1. The Bertz CT molecular complexity index is 2000. The second-order valence-electron chi connectivity index (χ2n) is 13.6. The Labute approximate surface area is 324 Å². The van der Waals surface area contributed by atoms with Crippen LogP contribution in [0.4, 0.5) is 5.69 Å².